The van der Waals surface area contributed by atoms with Gasteiger partial charge in [-0.25, -0.2) is 8.42 Å². The van der Waals surface area contributed by atoms with Crippen molar-refractivity contribution in [2.24, 2.45) is 13.0 Å². The monoisotopic (exact) mass is 448 g/mol. The first kappa shape index (κ1) is 21.7. The van der Waals surface area contributed by atoms with Gasteiger partial charge in [-0.15, -0.1) is 10.2 Å². The van der Waals surface area contributed by atoms with Crippen LogP contribution in [-0.2, 0) is 17.1 Å². The predicted octanol–water partition coefficient (Wildman–Crippen LogP) is 2.53. The Labute approximate surface area is 182 Å². The summed E-state index contributed by atoms with van der Waals surface area (Å²) in [5.41, 5.74) is 0.271. The molecule has 2 aliphatic rings. The predicted molar refractivity (Wildman–Crippen MR) is 115 cm³/mol. The second kappa shape index (κ2) is 8.54. The maximum Gasteiger partial charge on any atom is 0.293 e. The molecule has 0 N–H and O–H groups in total. The van der Waals surface area contributed by atoms with Gasteiger partial charge in [0, 0.05) is 45.2 Å². The third-order valence-electron chi connectivity index (χ3n) is 6.27. The molecule has 3 heterocycles. The number of hydrogen-bond donors (Lipinski definition) is 0. The molecule has 1 aromatic heterocycles. The van der Waals surface area contributed by atoms with Crippen LogP contribution < -0.4 is 4.90 Å². The van der Waals surface area contributed by atoms with E-state index in [1.54, 1.807) is 12.4 Å². The lowest BCUT2D eigenvalue weighted by Crippen LogP contribution is -2.39. The number of hydrogen-bond acceptors (Lipinski definition) is 7. The number of aryl methyl sites for hydroxylation is 1. The molecule has 0 amide bonds. The molecule has 2 unspecified atom stereocenters. The normalized spacial score (nSPS) is 23.1. The quantitative estimate of drug-likeness (QED) is 0.510. The Hall–Kier alpha value is -2.53. The van der Waals surface area contributed by atoms with Crippen molar-refractivity contribution in [3.8, 4) is 0 Å². The Balaban J connectivity index is 1.63. The maximum atomic E-state index is 13.1. The number of nitro groups is 1. The first-order chi connectivity index (χ1) is 14.8. The van der Waals surface area contributed by atoms with E-state index in [1.165, 1.54) is 16.4 Å². The summed E-state index contributed by atoms with van der Waals surface area (Å²) in [6, 6.07) is 4.30. The highest BCUT2D eigenvalue weighted by atomic mass is 32.2. The van der Waals surface area contributed by atoms with Crippen LogP contribution in [-0.4, -0.2) is 58.6 Å². The molecule has 11 heteroatoms. The van der Waals surface area contributed by atoms with Crippen molar-refractivity contribution >= 4 is 21.4 Å². The Kier molecular flexibility index (Phi) is 5.98. The van der Waals surface area contributed by atoms with Crippen LogP contribution >= 0.6 is 0 Å². The van der Waals surface area contributed by atoms with Crippen LogP contribution in [0.1, 0.15) is 44.3 Å². The summed E-state index contributed by atoms with van der Waals surface area (Å²) in [4.78, 5) is 13.3. The van der Waals surface area contributed by atoms with E-state index in [2.05, 4.69) is 10.2 Å². The van der Waals surface area contributed by atoms with Crippen LogP contribution in [0.5, 0.6) is 0 Å². The number of rotatable bonds is 5. The zero-order valence-electron chi connectivity index (χ0n) is 17.8. The van der Waals surface area contributed by atoms with Crippen molar-refractivity contribution in [2.45, 2.75) is 43.4 Å². The first-order valence-corrected chi connectivity index (χ1v) is 12.1. The van der Waals surface area contributed by atoms with Gasteiger partial charge in [-0.2, -0.15) is 4.31 Å². The highest BCUT2D eigenvalue weighted by Crippen LogP contribution is 2.36. The summed E-state index contributed by atoms with van der Waals surface area (Å²) < 4.78 is 29.5. The number of aromatic nitrogens is 3. The van der Waals surface area contributed by atoms with Crippen LogP contribution in [0.4, 0.5) is 11.4 Å². The maximum absolute atomic E-state index is 13.1. The fraction of sp³-hybridized carbons (Fsp3) is 0.600. The molecule has 10 nitrogen and oxygen atoms in total. The molecule has 1 aromatic carbocycles. The van der Waals surface area contributed by atoms with Crippen molar-refractivity contribution in [1.29, 1.82) is 0 Å². The molecule has 0 aliphatic carbocycles. The molecule has 2 saturated heterocycles. The third-order valence-corrected chi connectivity index (χ3v) is 8.14. The molecule has 168 valence electrons. The van der Waals surface area contributed by atoms with E-state index >= 15 is 0 Å². The lowest BCUT2D eigenvalue weighted by atomic mass is 9.96. The zero-order chi connectivity index (χ0) is 22.2. The summed E-state index contributed by atoms with van der Waals surface area (Å²) >= 11 is 0. The molecule has 2 atom stereocenters. The van der Waals surface area contributed by atoms with Gasteiger partial charge < -0.3 is 9.47 Å². The smallest absolute Gasteiger partial charge is 0.293 e. The van der Waals surface area contributed by atoms with Gasteiger partial charge in [-0.1, -0.05) is 6.92 Å². The third kappa shape index (κ3) is 4.29. The van der Waals surface area contributed by atoms with E-state index in [1.807, 2.05) is 23.4 Å². The summed E-state index contributed by atoms with van der Waals surface area (Å²) in [7, 11) is -1.87. The summed E-state index contributed by atoms with van der Waals surface area (Å²) in [5, 5.41) is 20.0. The summed E-state index contributed by atoms with van der Waals surface area (Å²) in [6.07, 6.45) is 5.24. The molecule has 2 fully saturated rings. The Morgan fingerprint density at radius 3 is 2.61 bits per heavy atom. The number of anilines is 1. The molecule has 2 aliphatic heterocycles. The van der Waals surface area contributed by atoms with Crippen molar-refractivity contribution < 1.29 is 13.3 Å². The molecule has 0 spiro atoms. The largest absolute Gasteiger partial charge is 0.365 e. The fourth-order valence-electron chi connectivity index (χ4n) is 4.66. The van der Waals surface area contributed by atoms with Crippen molar-refractivity contribution in [1.82, 2.24) is 19.1 Å². The summed E-state index contributed by atoms with van der Waals surface area (Å²) in [5.74, 6) is 1.24. The Morgan fingerprint density at radius 2 is 1.94 bits per heavy atom. The van der Waals surface area contributed by atoms with E-state index in [4.69, 9.17) is 0 Å². The average Bonchev–Trinajstić information content (AvgIpc) is 3.19. The zero-order valence-corrected chi connectivity index (χ0v) is 18.7. The minimum atomic E-state index is -3.76. The molecule has 4 rings (SSSR count). The second-order valence-corrected chi connectivity index (χ2v) is 10.5. The second-order valence-electron chi connectivity index (χ2n) is 8.60. The molecule has 0 saturated carbocycles. The van der Waals surface area contributed by atoms with Crippen LogP contribution in [0.25, 0.3) is 0 Å². The Bertz CT molecular complexity index is 1070. The van der Waals surface area contributed by atoms with Crippen LogP contribution in [0.15, 0.2) is 29.4 Å². The van der Waals surface area contributed by atoms with Crippen molar-refractivity contribution in [3.63, 3.8) is 0 Å². The molecule has 31 heavy (non-hydrogen) atoms. The van der Waals surface area contributed by atoms with Crippen LogP contribution in [0.3, 0.4) is 0 Å². The number of benzene rings is 1. The van der Waals surface area contributed by atoms with E-state index < -0.39 is 14.9 Å². The SMILES string of the molecule is CC1CCCN(S(=O)(=O)c2ccc(N3CCCC(c4nncn4C)C3)c([N+](=O)[O-])c2)C1. The standard InChI is InChI=1S/C20H28N6O4S/c1-15-5-3-10-25(12-15)31(29,30)17-7-8-18(19(11-17)26(27)28)24-9-4-6-16(13-24)20-22-21-14-23(20)2/h7-8,11,14-16H,3-6,9-10,12-13H2,1-2H3. The highest BCUT2D eigenvalue weighted by molar-refractivity contribution is 7.89. The van der Waals surface area contributed by atoms with Crippen LogP contribution in [0, 0.1) is 16.0 Å². The number of nitrogens with zero attached hydrogens (tertiary/aromatic N) is 6. The average molecular weight is 449 g/mol. The van der Waals surface area contributed by atoms with Gasteiger partial charge in [0.2, 0.25) is 10.0 Å². The molecule has 0 radical (unpaired) electrons. The van der Waals surface area contributed by atoms with Crippen molar-refractivity contribution in [3.05, 3.63) is 40.5 Å². The Morgan fingerprint density at radius 1 is 1.16 bits per heavy atom. The van der Waals surface area contributed by atoms with E-state index in [-0.39, 0.29) is 22.4 Å². The lowest BCUT2D eigenvalue weighted by molar-refractivity contribution is -0.384. The molecule has 2 aromatic rings. The van der Waals surface area contributed by atoms with E-state index in [0.29, 0.717) is 31.9 Å². The van der Waals surface area contributed by atoms with Crippen molar-refractivity contribution in [2.75, 3.05) is 31.1 Å². The van der Waals surface area contributed by atoms with E-state index in [0.717, 1.165) is 31.5 Å². The minimum Gasteiger partial charge on any atom is -0.365 e. The number of sulfonamides is 1. The van der Waals surface area contributed by atoms with Crippen LogP contribution in [0.2, 0.25) is 0 Å². The molecular weight excluding hydrogens is 420 g/mol. The van der Waals surface area contributed by atoms with Gasteiger partial charge in [0.05, 0.1) is 9.82 Å². The van der Waals surface area contributed by atoms with Gasteiger partial charge in [0.1, 0.15) is 17.8 Å². The van der Waals surface area contributed by atoms with Gasteiger partial charge >= 0.3 is 0 Å². The first-order valence-electron chi connectivity index (χ1n) is 10.6. The summed E-state index contributed by atoms with van der Waals surface area (Å²) in [6.45, 7) is 4.17. The topological polar surface area (TPSA) is 114 Å². The number of piperidine rings is 2. The van der Waals surface area contributed by atoms with E-state index in [9.17, 15) is 18.5 Å². The molecule has 0 bridgehead atoms. The van der Waals surface area contributed by atoms with Gasteiger partial charge in [-0.05, 0) is 43.7 Å². The fourth-order valence-corrected chi connectivity index (χ4v) is 6.28. The van der Waals surface area contributed by atoms with Gasteiger partial charge in [0.15, 0.2) is 0 Å². The van der Waals surface area contributed by atoms with Gasteiger partial charge in [-0.3, -0.25) is 10.1 Å². The van der Waals surface area contributed by atoms with Gasteiger partial charge in [0.25, 0.3) is 5.69 Å². The molecular formula is C20H28N6O4S. The highest BCUT2D eigenvalue weighted by Gasteiger charge is 2.33. The number of nitro benzene ring substituents is 1. The lowest BCUT2D eigenvalue weighted by Gasteiger charge is -2.34. The minimum absolute atomic E-state index is 0.0149.